The van der Waals surface area contributed by atoms with Crippen LogP contribution in [-0.2, 0) is 0 Å². The number of halogens is 2. The summed E-state index contributed by atoms with van der Waals surface area (Å²) in [6.07, 6.45) is 0. The molecule has 0 spiro atoms. The predicted molar refractivity (Wildman–Crippen MR) is 73.7 cm³/mol. The first-order valence-corrected chi connectivity index (χ1v) is 5.95. The van der Waals surface area contributed by atoms with Crippen molar-refractivity contribution in [3.05, 3.63) is 39.7 Å². The van der Waals surface area contributed by atoms with E-state index in [1.165, 1.54) is 0 Å². The van der Waals surface area contributed by atoms with E-state index in [-0.39, 0.29) is 29.9 Å². The van der Waals surface area contributed by atoms with Crippen molar-refractivity contribution in [2.75, 3.05) is 19.6 Å². The standard InChI is InChI=1S/C12H14FN3O3.ClH/c1-8-7-14-2-3-15(8)12(17)9-4-10(13)6-11(5-9)16(18)19;/h4-6,8,14H,2-3,7H2,1H3;1H/t8-;/m1./s1. The van der Waals surface area contributed by atoms with Gasteiger partial charge in [0.05, 0.1) is 11.0 Å². The summed E-state index contributed by atoms with van der Waals surface area (Å²) in [5, 5.41) is 13.8. The fourth-order valence-corrected chi connectivity index (χ4v) is 2.11. The summed E-state index contributed by atoms with van der Waals surface area (Å²) in [6, 6.07) is 2.92. The molecule has 1 aliphatic rings. The molecule has 0 saturated carbocycles. The van der Waals surface area contributed by atoms with Crippen LogP contribution < -0.4 is 5.32 Å². The zero-order valence-corrected chi connectivity index (χ0v) is 11.7. The SMILES string of the molecule is C[C@@H]1CNCCN1C(=O)c1cc(F)cc([N+](=O)[O-])c1.Cl. The number of carbonyl (C=O) groups excluding carboxylic acids is 1. The summed E-state index contributed by atoms with van der Waals surface area (Å²) in [5.74, 6) is -1.16. The molecule has 1 aromatic rings. The largest absolute Gasteiger partial charge is 0.333 e. The number of hydrogen-bond acceptors (Lipinski definition) is 4. The molecule has 1 heterocycles. The number of carbonyl (C=O) groups is 1. The van der Waals surface area contributed by atoms with Crippen LogP contribution >= 0.6 is 12.4 Å². The summed E-state index contributed by atoms with van der Waals surface area (Å²) < 4.78 is 13.3. The molecule has 0 aliphatic carbocycles. The van der Waals surface area contributed by atoms with Crippen LogP contribution in [-0.4, -0.2) is 41.4 Å². The van der Waals surface area contributed by atoms with Gasteiger partial charge in [0.1, 0.15) is 5.82 Å². The maximum atomic E-state index is 13.3. The van der Waals surface area contributed by atoms with Crippen LogP contribution in [0.5, 0.6) is 0 Å². The van der Waals surface area contributed by atoms with Gasteiger partial charge in [-0.25, -0.2) is 4.39 Å². The van der Waals surface area contributed by atoms with Crippen molar-refractivity contribution >= 4 is 24.0 Å². The summed E-state index contributed by atoms with van der Waals surface area (Å²) in [6.45, 7) is 3.69. The Balaban J connectivity index is 0.00000200. The first-order valence-electron chi connectivity index (χ1n) is 5.95. The van der Waals surface area contributed by atoms with Crippen LogP contribution in [0.4, 0.5) is 10.1 Å². The fraction of sp³-hybridized carbons (Fsp3) is 0.417. The van der Waals surface area contributed by atoms with E-state index in [1.54, 1.807) is 4.90 Å². The lowest BCUT2D eigenvalue weighted by Gasteiger charge is -2.34. The Morgan fingerprint density at radius 1 is 1.50 bits per heavy atom. The molecule has 0 unspecified atom stereocenters. The summed E-state index contributed by atoms with van der Waals surface area (Å²) in [7, 11) is 0. The van der Waals surface area contributed by atoms with Gasteiger partial charge in [-0.15, -0.1) is 12.4 Å². The monoisotopic (exact) mass is 303 g/mol. The first-order chi connectivity index (χ1) is 8.99. The Morgan fingerprint density at radius 3 is 2.80 bits per heavy atom. The van der Waals surface area contributed by atoms with E-state index in [2.05, 4.69) is 5.32 Å². The minimum absolute atomic E-state index is 0. The highest BCUT2D eigenvalue weighted by Crippen LogP contribution is 2.19. The number of nitro benzene ring substituents is 1. The molecule has 0 aromatic heterocycles. The first kappa shape index (κ1) is 16.3. The van der Waals surface area contributed by atoms with Gasteiger partial charge >= 0.3 is 0 Å². The molecule has 1 aromatic carbocycles. The second-order valence-corrected chi connectivity index (χ2v) is 4.51. The molecule has 8 heteroatoms. The number of nitrogens with one attached hydrogen (secondary N) is 1. The number of nitrogens with zero attached hydrogens (tertiary/aromatic N) is 2. The lowest BCUT2D eigenvalue weighted by Crippen LogP contribution is -2.52. The van der Waals surface area contributed by atoms with E-state index in [4.69, 9.17) is 0 Å². The molecule has 6 nitrogen and oxygen atoms in total. The third-order valence-corrected chi connectivity index (χ3v) is 3.10. The zero-order valence-electron chi connectivity index (χ0n) is 10.8. The number of hydrogen-bond donors (Lipinski definition) is 1. The highest BCUT2D eigenvalue weighted by Gasteiger charge is 2.25. The molecular weight excluding hydrogens is 289 g/mol. The van der Waals surface area contributed by atoms with E-state index >= 15 is 0 Å². The smallest absolute Gasteiger partial charge is 0.273 e. The molecule has 1 fully saturated rings. The van der Waals surface area contributed by atoms with Crippen molar-refractivity contribution in [1.82, 2.24) is 10.2 Å². The number of rotatable bonds is 2. The van der Waals surface area contributed by atoms with Crippen LogP contribution in [0.2, 0.25) is 0 Å². The molecule has 2 rings (SSSR count). The summed E-state index contributed by atoms with van der Waals surface area (Å²) >= 11 is 0. The number of non-ortho nitro benzene ring substituents is 1. The number of piperazine rings is 1. The lowest BCUT2D eigenvalue weighted by molar-refractivity contribution is -0.385. The van der Waals surface area contributed by atoms with Crippen molar-refractivity contribution < 1.29 is 14.1 Å². The molecule has 1 saturated heterocycles. The van der Waals surface area contributed by atoms with E-state index < -0.39 is 16.4 Å². The molecule has 0 radical (unpaired) electrons. The topological polar surface area (TPSA) is 75.5 Å². The number of benzene rings is 1. The Morgan fingerprint density at radius 2 is 2.20 bits per heavy atom. The van der Waals surface area contributed by atoms with Gasteiger partial charge in [0.25, 0.3) is 11.6 Å². The van der Waals surface area contributed by atoms with Crippen LogP contribution in [0.15, 0.2) is 18.2 Å². The average molecular weight is 304 g/mol. The molecule has 20 heavy (non-hydrogen) atoms. The van der Waals surface area contributed by atoms with Crippen molar-refractivity contribution in [2.24, 2.45) is 0 Å². The summed E-state index contributed by atoms with van der Waals surface area (Å²) in [5.41, 5.74) is -0.397. The molecular formula is C12H15ClFN3O3. The van der Waals surface area contributed by atoms with E-state index in [9.17, 15) is 19.3 Å². The highest BCUT2D eigenvalue weighted by molar-refractivity contribution is 5.95. The second-order valence-electron chi connectivity index (χ2n) is 4.51. The summed E-state index contributed by atoms with van der Waals surface area (Å²) in [4.78, 5) is 23.8. The van der Waals surface area contributed by atoms with E-state index in [0.29, 0.717) is 19.6 Å². The quantitative estimate of drug-likeness (QED) is 0.665. The minimum Gasteiger partial charge on any atom is -0.333 e. The highest BCUT2D eigenvalue weighted by atomic mass is 35.5. The molecule has 1 N–H and O–H groups in total. The van der Waals surface area contributed by atoms with Crippen molar-refractivity contribution in [3.8, 4) is 0 Å². The Labute approximate surface area is 121 Å². The van der Waals surface area contributed by atoms with Crippen LogP contribution in [0.3, 0.4) is 0 Å². The molecule has 1 atom stereocenters. The molecule has 1 aliphatic heterocycles. The normalized spacial score (nSPS) is 18.3. The van der Waals surface area contributed by atoms with Gasteiger partial charge in [0, 0.05) is 37.3 Å². The van der Waals surface area contributed by atoms with Gasteiger partial charge in [-0.3, -0.25) is 14.9 Å². The van der Waals surface area contributed by atoms with Crippen molar-refractivity contribution in [3.63, 3.8) is 0 Å². The Hall–Kier alpha value is -1.73. The van der Waals surface area contributed by atoms with E-state index in [1.807, 2.05) is 6.92 Å². The Bertz CT molecular complexity index is 527. The van der Waals surface area contributed by atoms with Gasteiger partial charge in [-0.2, -0.15) is 0 Å². The Kier molecular flexibility index (Phi) is 5.41. The molecule has 110 valence electrons. The fourth-order valence-electron chi connectivity index (χ4n) is 2.11. The van der Waals surface area contributed by atoms with Crippen LogP contribution in [0.1, 0.15) is 17.3 Å². The average Bonchev–Trinajstić information content (AvgIpc) is 2.37. The van der Waals surface area contributed by atoms with Crippen LogP contribution in [0.25, 0.3) is 0 Å². The third kappa shape index (κ3) is 3.43. The van der Waals surface area contributed by atoms with Gasteiger partial charge in [-0.05, 0) is 13.0 Å². The van der Waals surface area contributed by atoms with E-state index in [0.717, 1.165) is 18.2 Å². The van der Waals surface area contributed by atoms with Gasteiger partial charge in [0.15, 0.2) is 0 Å². The number of nitro groups is 1. The van der Waals surface area contributed by atoms with Gasteiger partial charge < -0.3 is 10.2 Å². The molecule has 0 bridgehead atoms. The minimum atomic E-state index is -0.777. The maximum Gasteiger partial charge on any atom is 0.273 e. The molecule has 1 amide bonds. The van der Waals surface area contributed by atoms with Gasteiger partial charge in [0.2, 0.25) is 0 Å². The predicted octanol–water partition coefficient (Wildman–Crippen LogP) is 1.59. The second kappa shape index (κ2) is 6.62. The zero-order chi connectivity index (χ0) is 14.0. The number of amides is 1. The van der Waals surface area contributed by atoms with Crippen molar-refractivity contribution in [1.29, 1.82) is 0 Å². The third-order valence-electron chi connectivity index (χ3n) is 3.10. The maximum absolute atomic E-state index is 13.3. The van der Waals surface area contributed by atoms with Crippen LogP contribution in [0, 0.1) is 15.9 Å². The van der Waals surface area contributed by atoms with Gasteiger partial charge in [-0.1, -0.05) is 0 Å². The van der Waals surface area contributed by atoms with Crippen molar-refractivity contribution in [2.45, 2.75) is 13.0 Å². The lowest BCUT2D eigenvalue weighted by atomic mass is 10.1.